The van der Waals surface area contributed by atoms with Gasteiger partial charge < -0.3 is 36.1 Å². The van der Waals surface area contributed by atoms with E-state index in [1.165, 1.54) is 13.3 Å². The molecule has 2 aliphatic heterocycles. The number of nitrogens with one attached hydrogen (secondary N) is 1. The molecule has 2 aromatic rings. The van der Waals surface area contributed by atoms with Crippen molar-refractivity contribution in [1.82, 2.24) is 29.7 Å². The Morgan fingerprint density at radius 2 is 2.00 bits per heavy atom. The number of aliphatic hydroxyl groups is 1. The summed E-state index contributed by atoms with van der Waals surface area (Å²) in [5.74, 6) is 0.187. The maximum absolute atomic E-state index is 12.8. The molecule has 36 heavy (non-hydrogen) atoms. The highest BCUT2D eigenvalue weighted by Crippen LogP contribution is 2.44. The molecular weight excluding hydrogens is 488 g/mol. The second-order valence-electron chi connectivity index (χ2n) is 10.0. The lowest BCUT2D eigenvalue weighted by Gasteiger charge is -2.51. The number of fused-ring (bicyclic) bond motifs is 1. The number of anilines is 1. The van der Waals surface area contributed by atoms with E-state index in [1.807, 2.05) is 11.5 Å². The molecule has 3 atom stereocenters. The number of hydrogen-bond acceptors (Lipinski definition) is 9. The molecule has 200 valence electrons. The van der Waals surface area contributed by atoms with Gasteiger partial charge in [0.05, 0.1) is 36.2 Å². The number of rotatable bonds is 7. The molecule has 0 aliphatic carbocycles. The minimum Gasteiger partial charge on any atom is -0.388 e. The topological polar surface area (TPSA) is 175 Å². The fourth-order valence-electron chi connectivity index (χ4n) is 5.30. The summed E-state index contributed by atoms with van der Waals surface area (Å²) in [6.45, 7) is 5.26. The van der Waals surface area contributed by atoms with Crippen LogP contribution in [0.15, 0.2) is 12.7 Å². The average molecular weight is 525 g/mol. The molecule has 4 rings (SSSR count). The van der Waals surface area contributed by atoms with Crippen molar-refractivity contribution in [3.05, 3.63) is 12.7 Å². The van der Waals surface area contributed by atoms with Crippen molar-refractivity contribution >= 4 is 41.2 Å². The van der Waals surface area contributed by atoms with E-state index in [9.17, 15) is 14.7 Å². The minimum absolute atomic E-state index is 0. The zero-order valence-electron chi connectivity index (χ0n) is 20.9. The Bertz CT molecular complexity index is 1070. The van der Waals surface area contributed by atoms with Crippen LogP contribution in [0.1, 0.15) is 58.4 Å². The van der Waals surface area contributed by atoms with Gasteiger partial charge in [-0.1, -0.05) is 0 Å². The fraction of sp³-hybridized carbons (Fsp3) is 0.696. The Labute approximate surface area is 216 Å². The van der Waals surface area contributed by atoms with Crippen molar-refractivity contribution in [3.63, 3.8) is 0 Å². The summed E-state index contributed by atoms with van der Waals surface area (Å²) in [4.78, 5) is 38.2. The molecule has 2 saturated heterocycles. The standard InChI is InChI=1S/C23H36N8O4.ClH/c1-15(32)26-8-4-3-5-16(24)21(33)30-9-6-23(7-10-30)12-22(2,34)17(11-35-23)31-14-29-18-19(25)27-13-28-20(18)31;/h13-14,16-17,34H,3-12,24H2,1-2H3,(H,26,32)(H2,25,27,28);1H/t16-,17+,22+;/m0./s1. The Hall–Kier alpha value is -2.54. The molecule has 0 bridgehead atoms. The predicted octanol–water partition coefficient (Wildman–Crippen LogP) is 0.538. The number of nitrogens with two attached hydrogens (primary N) is 2. The second-order valence-corrected chi connectivity index (χ2v) is 10.0. The number of aromatic nitrogens is 4. The first-order valence-corrected chi connectivity index (χ1v) is 12.2. The molecule has 12 nitrogen and oxygen atoms in total. The van der Waals surface area contributed by atoms with Crippen LogP contribution < -0.4 is 16.8 Å². The zero-order valence-corrected chi connectivity index (χ0v) is 21.7. The van der Waals surface area contributed by atoms with Gasteiger partial charge in [-0.15, -0.1) is 12.4 Å². The number of amides is 2. The number of ether oxygens (including phenoxy) is 1. The number of halogens is 1. The lowest BCUT2D eigenvalue weighted by molar-refractivity contribution is -0.197. The summed E-state index contributed by atoms with van der Waals surface area (Å²) < 4.78 is 8.18. The third-order valence-corrected chi connectivity index (χ3v) is 7.29. The van der Waals surface area contributed by atoms with Crippen molar-refractivity contribution < 1.29 is 19.4 Å². The van der Waals surface area contributed by atoms with E-state index < -0.39 is 17.2 Å². The first kappa shape index (κ1) is 28.0. The summed E-state index contributed by atoms with van der Waals surface area (Å²) in [5, 5.41) is 14.2. The van der Waals surface area contributed by atoms with Crippen LogP contribution in [-0.4, -0.2) is 84.8 Å². The van der Waals surface area contributed by atoms with E-state index in [2.05, 4.69) is 20.3 Å². The number of carbonyl (C=O) groups is 2. The molecule has 0 unspecified atom stereocenters. The van der Waals surface area contributed by atoms with Gasteiger partial charge in [0.1, 0.15) is 11.8 Å². The van der Waals surface area contributed by atoms with Gasteiger partial charge in [-0.25, -0.2) is 15.0 Å². The normalized spacial score (nSPS) is 24.3. The smallest absolute Gasteiger partial charge is 0.239 e. The number of unbranched alkanes of at least 4 members (excludes halogenated alkanes) is 1. The van der Waals surface area contributed by atoms with Crippen LogP contribution in [0.4, 0.5) is 5.82 Å². The van der Waals surface area contributed by atoms with Gasteiger partial charge in [-0.05, 0) is 39.0 Å². The first-order chi connectivity index (χ1) is 16.6. The van der Waals surface area contributed by atoms with Crippen molar-refractivity contribution in [3.8, 4) is 0 Å². The number of imidazole rings is 1. The van der Waals surface area contributed by atoms with Crippen LogP contribution in [0.25, 0.3) is 11.2 Å². The molecule has 2 aliphatic rings. The van der Waals surface area contributed by atoms with Crippen molar-refractivity contribution in [1.29, 1.82) is 0 Å². The zero-order chi connectivity index (χ0) is 25.2. The highest BCUT2D eigenvalue weighted by molar-refractivity contribution is 5.85. The average Bonchev–Trinajstić information content (AvgIpc) is 3.23. The van der Waals surface area contributed by atoms with Crippen LogP contribution in [0, 0.1) is 0 Å². The highest BCUT2D eigenvalue weighted by Gasteiger charge is 2.50. The number of hydrogen-bond donors (Lipinski definition) is 4. The van der Waals surface area contributed by atoms with Crippen molar-refractivity contribution in [2.24, 2.45) is 5.73 Å². The third kappa shape index (κ3) is 5.88. The summed E-state index contributed by atoms with van der Waals surface area (Å²) in [6.07, 6.45) is 6.86. The summed E-state index contributed by atoms with van der Waals surface area (Å²) in [6, 6.07) is -0.928. The van der Waals surface area contributed by atoms with Gasteiger partial charge in [-0.2, -0.15) is 0 Å². The van der Waals surface area contributed by atoms with Crippen LogP contribution in [0.3, 0.4) is 0 Å². The molecular formula is C23H37ClN8O4. The largest absolute Gasteiger partial charge is 0.388 e. The second kappa shape index (κ2) is 11.2. The summed E-state index contributed by atoms with van der Waals surface area (Å²) >= 11 is 0. The van der Waals surface area contributed by atoms with E-state index in [4.69, 9.17) is 16.2 Å². The van der Waals surface area contributed by atoms with Gasteiger partial charge in [0.25, 0.3) is 0 Å². The molecule has 1 spiro atoms. The number of nitrogen functional groups attached to an aromatic ring is 1. The van der Waals surface area contributed by atoms with Crippen molar-refractivity contribution in [2.45, 2.75) is 75.7 Å². The van der Waals surface area contributed by atoms with E-state index in [0.29, 0.717) is 68.9 Å². The van der Waals surface area contributed by atoms with Crippen LogP contribution in [0.2, 0.25) is 0 Å². The van der Waals surface area contributed by atoms with Gasteiger partial charge in [0.2, 0.25) is 11.8 Å². The van der Waals surface area contributed by atoms with E-state index in [0.717, 1.165) is 12.8 Å². The first-order valence-electron chi connectivity index (χ1n) is 12.2. The quantitative estimate of drug-likeness (QED) is 0.376. The van der Waals surface area contributed by atoms with E-state index in [-0.39, 0.29) is 30.3 Å². The number of carbonyl (C=O) groups excluding carboxylic acids is 2. The summed E-state index contributed by atoms with van der Waals surface area (Å²) in [7, 11) is 0. The Kier molecular flexibility index (Phi) is 8.75. The number of piperidine rings is 1. The van der Waals surface area contributed by atoms with Crippen molar-refractivity contribution in [2.75, 3.05) is 32.0 Å². The highest BCUT2D eigenvalue weighted by atomic mass is 35.5. The lowest BCUT2D eigenvalue weighted by Crippen LogP contribution is -2.59. The van der Waals surface area contributed by atoms with Gasteiger partial charge >= 0.3 is 0 Å². The van der Waals surface area contributed by atoms with E-state index >= 15 is 0 Å². The maximum atomic E-state index is 12.8. The van der Waals surface area contributed by atoms with Crippen LogP contribution in [-0.2, 0) is 14.3 Å². The molecule has 2 aromatic heterocycles. The molecule has 4 heterocycles. The van der Waals surface area contributed by atoms with Gasteiger partial charge in [0, 0.05) is 33.0 Å². The summed E-state index contributed by atoms with van der Waals surface area (Å²) in [5.41, 5.74) is 11.6. The Morgan fingerprint density at radius 3 is 2.67 bits per heavy atom. The predicted molar refractivity (Wildman–Crippen MR) is 136 cm³/mol. The van der Waals surface area contributed by atoms with Crippen LogP contribution in [0.5, 0.6) is 0 Å². The SMILES string of the molecule is CC(=O)NCCCC[C@H](N)C(=O)N1CCC2(CC1)C[C@@](C)(O)[C@H](n1cnc3c(N)ncnc31)CO2.Cl. The third-order valence-electron chi connectivity index (χ3n) is 7.29. The maximum Gasteiger partial charge on any atom is 0.239 e. The van der Waals surface area contributed by atoms with E-state index in [1.54, 1.807) is 11.2 Å². The Balaban J connectivity index is 0.00000361. The molecule has 2 fully saturated rings. The molecule has 0 aromatic carbocycles. The van der Waals surface area contributed by atoms with Crippen LogP contribution >= 0.6 is 12.4 Å². The monoisotopic (exact) mass is 524 g/mol. The number of likely N-dealkylation sites (tertiary alicyclic amines) is 1. The lowest BCUT2D eigenvalue weighted by atomic mass is 9.75. The molecule has 2 amide bonds. The molecule has 6 N–H and O–H groups in total. The Morgan fingerprint density at radius 1 is 1.28 bits per heavy atom. The van der Waals surface area contributed by atoms with Gasteiger partial charge in [-0.3, -0.25) is 9.59 Å². The molecule has 0 saturated carbocycles. The fourth-order valence-corrected chi connectivity index (χ4v) is 5.30. The van der Waals surface area contributed by atoms with Gasteiger partial charge in [0.15, 0.2) is 11.5 Å². The molecule has 13 heteroatoms. The number of nitrogens with zero attached hydrogens (tertiary/aromatic N) is 5. The minimum atomic E-state index is -1.07. The molecule has 0 radical (unpaired) electrons.